The first-order chi connectivity index (χ1) is 10.4. The van der Waals surface area contributed by atoms with E-state index in [1.165, 1.54) is 23.5 Å². The lowest BCUT2D eigenvalue weighted by atomic mass is 10.1. The molecule has 1 aromatic heterocycles. The average Bonchev–Trinajstić information content (AvgIpc) is 3.19. The van der Waals surface area contributed by atoms with Gasteiger partial charge in [-0.05, 0) is 24.5 Å². The van der Waals surface area contributed by atoms with Crippen LogP contribution in [0.1, 0.15) is 35.6 Å². The molecule has 0 bridgehead atoms. The number of amides is 1. The summed E-state index contributed by atoms with van der Waals surface area (Å²) in [6.07, 6.45) is -2.26. The molecule has 2 aromatic rings. The van der Waals surface area contributed by atoms with Crippen molar-refractivity contribution >= 4 is 22.4 Å². The van der Waals surface area contributed by atoms with E-state index in [1.807, 2.05) is 5.38 Å². The number of nitrogens with zero attached hydrogens (tertiary/aromatic N) is 1. The van der Waals surface area contributed by atoms with Crippen molar-refractivity contribution in [3.05, 3.63) is 46.5 Å². The van der Waals surface area contributed by atoms with Gasteiger partial charge in [0.2, 0.25) is 5.91 Å². The van der Waals surface area contributed by atoms with Crippen molar-refractivity contribution in [2.24, 2.45) is 0 Å². The summed E-state index contributed by atoms with van der Waals surface area (Å²) in [6.45, 7) is 0. The third kappa shape index (κ3) is 3.65. The van der Waals surface area contributed by atoms with Gasteiger partial charge in [0.05, 0.1) is 17.7 Å². The number of nitrogens with one attached hydrogen (secondary N) is 1. The third-order valence-corrected chi connectivity index (χ3v) is 4.16. The van der Waals surface area contributed by atoms with Crippen molar-refractivity contribution in [1.29, 1.82) is 0 Å². The normalized spacial score (nSPS) is 14.9. The van der Waals surface area contributed by atoms with Crippen LogP contribution >= 0.6 is 11.3 Å². The lowest BCUT2D eigenvalue weighted by Gasteiger charge is -2.08. The van der Waals surface area contributed by atoms with Gasteiger partial charge in [-0.3, -0.25) is 4.79 Å². The standard InChI is InChI=1S/C15H13F3N2OS/c16-15(17,18)11-3-1-2-9(6-11)7-13(21)20-14-19-12(8-22-14)10-4-5-10/h1-3,6,8,10H,4-5,7H2,(H,19,20,21). The first kappa shape index (κ1) is 15.0. The van der Waals surface area contributed by atoms with E-state index in [1.54, 1.807) is 0 Å². The highest BCUT2D eigenvalue weighted by Gasteiger charge is 2.30. The van der Waals surface area contributed by atoms with Gasteiger partial charge in [-0.15, -0.1) is 11.3 Å². The highest BCUT2D eigenvalue weighted by atomic mass is 32.1. The van der Waals surface area contributed by atoms with Gasteiger partial charge in [0.1, 0.15) is 0 Å². The second-order valence-electron chi connectivity index (χ2n) is 5.27. The molecule has 1 N–H and O–H groups in total. The molecule has 0 saturated heterocycles. The van der Waals surface area contributed by atoms with Crippen molar-refractivity contribution in [2.75, 3.05) is 5.32 Å². The van der Waals surface area contributed by atoms with Crippen LogP contribution in [-0.4, -0.2) is 10.9 Å². The maximum absolute atomic E-state index is 12.6. The molecule has 1 amide bonds. The highest BCUT2D eigenvalue weighted by molar-refractivity contribution is 7.13. The Labute approximate surface area is 129 Å². The average molecular weight is 326 g/mol. The van der Waals surface area contributed by atoms with E-state index >= 15 is 0 Å². The van der Waals surface area contributed by atoms with Crippen LogP contribution in [0.4, 0.5) is 18.3 Å². The largest absolute Gasteiger partial charge is 0.416 e. The number of hydrogen-bond acceptors (Lipinski definition) is 3. The molecule has 0 aliphatic heterocycles. The monoisotopic (exact) mass is 326 g/mol. The van der Waals surface area contributed by atoms with Gasteiger partial charge in [-0.2, -0.15) is 13.2 Å². The molecule has 1 fully saturated rings. The molecule has 3 rings (SSSR count). The Morgan fingerprint density at radius 2 is 2.14 bits per heavy atom. The van der Waals surface area contributed by atoms with Crippen LogP contribution in [0, 0.1) is 0 Å². The molecule has 22 heavy (non-hydrogen) atoms. The molecule has 0 unspecified atom stereocenters. The fraction of sp³-hybridized carbons (Fsp3) is 0.333. The summed E-state index contributed by atoms with van der Waals surface area (Å²) in [7, 11) is 0. The first-order valence-corrected chi connectivity index (χ1v) is 7.71. The summed E-state index contributed by atoms with van der Waals surface area (Å²) >= 11 is 1.34. The SMILES string of the molecule is O=C(Cc1cccc(C(F)(F)F)c1)Nc1nc(C2CC2)cs1. The van der Waals surface area contributed by atoms with E-state index in [-0.39, 0.29) is 12.3 Å². The number of benzene rings is 1. The summed E-state index contributed by atoms with van der Waals surface area (Å²) < 4.78 is 37.9. The van der Waals surface area contributed by atoms with Crippen molar-refractivity contribution in [3.63, 3.8) is 0 Å². The minimum Gasteiger partial charge on any atom is -0.302 e. The fourth-order valence-electron chi connectivity index (χ4n) is 2.12. The van der Waals surface area contributed by atoms with E-state index in [4.69, 9.17) is 0 Å². The van der Waals surface area contributed by atoms with Gasteiger partial charge >= 0.3 is 6.18 Å². The second-order valence-corrected chi connectivity index (χ2v) is 6.13. The van der Waals surface area contributed by atoms with E-state index in [0.29, 0.717) is 16.6 Å². The van der Waals surface area contributed by atoms with E-state index in [9.17, 15) is 18.0 Å². The Bertz CT molecular complexity index is 692. The smallest absolute Gasteiger partial charge is 0.302 e. The zero-order valence-corrected chi connectivity index (χ0v) is 12.3. The molecule has 7 heteroatoms. The van der Waals surface area contributed by atoms with Gasteiger partial charge in [0.25, 0.3) is 0 Å². The zero-order chi connectivity index (χ0) is 15.7. The summed E-state index contributed by atoms with van der Waals surface area (Å²) in [5.74, 6) is 0.140. The zero-order valence-electron chi connectivity index (χ0n) is 11.5. The molecule has 1 saturated carbocycles. The molecule has 1 aliphatic carbocycles. The van der Waals surface area contributed by atoms with Crippen LogP contribution in [0.3, 0.4) is 0 Å². The Morgan fingerprint density at radius 1 is 1.36 bits per heavy atom. The second kappa shape index (κ2) is 5.72. The summed E-state index contributed by atoms with van der Waals surface area (Å²) in [6, 6.07) is 4.80. The topological polar surface area (TPSA) is 42.0 Å². The van der Waals surface area contributed by atoms with Crippen LogP contribution in [-0.2, 0) is 17.4 Å². The number of alkyl halides is 3. The van der Waals surface area contributed by atoms with Gasteiger partial charge < -0.3 is 5.32 Å². The third-order valence-electron chi connectivity index (χ3n) is 3.38. The molecule has 0 spiro atoms. The minimum atomic E-state index is -4.40. The lowest BCUT2D eigenvalue weighted by Crippen LogP contribution is -2.15. The first-order valence-electron chi connectivity index (χ1n) is 6.83. The van der Waals surface area contributed by atoms with Crippen molar-refractivity contribution < 1.29 is 18.0 Å². The summed E-state index contributed by atoms with van der Waals surface area (Å²) in [5.41, 5.74) is 0.564. The van der Waals surface area contributed by atoms with Crippen LogP contribution in [0.15, 0.2) is 29.6 Å². The Morgan fingerprint density at radius 3 is 2.82 bits per heavy atom. The highest BCUT2D eigenvalue weighted by Crippen LogP contribution is 2.40. The molecule has 1 heterocycles. The maximum Gasteiger partial charge on any atom is 0.416 e. The number of thiazole rings is 1. The van der Waals surface area contributed by atoms with Crippen molar-refractivity contribution in [2.45, 2.75) is 31.4 Å². The van der Waals surface area contributed by atoms with E-state index < -0.39 is 11.7 Å². The van der Waals surface area contributed by atoms with Crippen LogP contribution in [0.5, 0.6) is 0 Å². The summed E-state index contributed by atoms with van der Waals surface area (Å²) in [4.78, 5) is 16.2. The van der Waals surface area contributed by atoms with Gasteiger partial charge in [-0.1, -0.05) is 18.2 Å². The van der Waals surface area contributed by atoms with Gasteiger partial charge in [0.15, 0.2) is 5.13 Å². The lowest BCUT2D eigenvalue weighted by molar-refractivity contribution is -0.137. The molecule has 3 nitrogen and oxygen atoms in total. The number of anilines is 1. The Kier molecular flexibility index (Phi) is 3.90. The number of carbonyl (C=O) groups excluding carboxylic acids is 1. The number of rotatable bonds is 4. The quantitative estimate of drug-likeness (QED) is 0.914. The molecular formula is C15H13F3N2OS. The molecule has 1 aliphatic rings. The van der Waals surface area contributed by atoms with Crippen LogP contribution in [0.2, 0.25) is 0 Å². The van der Waals surface area contributed by atoms with Crippen LogP contribution in [0.25, 0.3) is 0 Å². The summed E-state index contributed by atoms with van der Waals surface area (Å²) in [5, 5.41) is 5.05. The molecule has 116 valence electrons. The van der Waals surface area contributed by atoms with Gasteiger partial charge in [0, 0.05) is 11.3 Å². The minimum absolute atomic E-state index is 0.109. The number of carbonyl (C=O) groups is 1. The van der Waals surface area contributed by atoms with Crippen LogP contribution < -0.4 is 5.32 Å². The molecule has 0 radical (unpaired) electrons. The van der Waals surface area contributed by atoms with Crippen molar-refractivity contribution in [1.82, 2.24) is 4.98 Å². The number of hydrogen-bond donors (Lipinski definition) is 1. The van der Waals surface area contributed by atoms with Gasteiger partial charge in [-0.25, -0.2) is 4.98 Å². The Balaban J connectivity index is 1.63. The maximum atomic E-state index is 12.6. The number of halogens is 3. The molecular weight excluding hydrogens is 313 g/mol. The molecule has 1 aromatic carbocycles. The Hall–Kier alpha value is -1.89. The van der Waals surface area contributed by atoms with E-state index in [2.05, 4.69) is 10.3 Å². The van der Waals surface area contributed by atoms with Crippen molar-refractivity contribution in [3.8, 4) is 0 Å². The fourth-order valence-corrected chi connectivity index (χ4v) is 2.93. The predicted molar refractivity (Wildman–Crippen MR) is 77.9 cm³/mol. The number of aromatic nitrogens is 1. The predicted octanol–water partition coefficient (Wildman–Crippen LogP) is 4.22. The van der Waals surface area contributed by atoms with E-state index in [0.717, 1.165) is 30.7 Å². The molecule has 0 atom stereocenters.